The first kappa shape index (κ1) is 19.1. The summed E-state index contributed by atoms with van der Waals surface area (Å²) in [6, 6.07) is 9.96. The highest BCUT2D eigenvalue weighted by molar-refractivity contribution is 5.16. The smallest absolute Gasteiger partial charge is 0.0790 e. The summed E-state index contributed by atoms with van der Waals surface area (Å²) >= 11 is 0. The molecule has 1 unspecified atom stereocenters. The number of aliphatic hydroxyl groups is 2. The standard InChI is InChI=1S/C15H24O.C3H8O/c1-2-3-4-5-6-10-13-15(16)14-11-8-7-9-12-14;1-3(2)4/h7-9,11-12,15-16H,2-6,10,13H2,1H3;3-4H,1-2H3. The number of hydrogen-bond donors (Lipinski definition) is 2. The summed E-state index contributed by atoms with van der Waals surface area (Å²) in [6.07, 6.45) is 8.16. The lowest BCUT2D eigenvalue weighted by Gasteiger charge is -2.10. The molecule has 2 nitrogen and oxygen atoms in total. The minimum absolute atomic E-state index is 0.167. The lowest BCUT2D eigenvalue weighted by molar-refractivity contribution is 0.163. The van der Waals surface area contributed by atoms with Crippen LogP contribution in [0.2, 0.25) is 0 Å². The van der Waals surface area contributed by atoms with Crippen molar-refractivity contribution in [2.45, 2.75) is 77.9 Å². The number of benzene rings is 1. The third-order valence-corrected chi connectivity index (χ3v) is 3.02. The molecule has 0 aliphatic carbocycles. The number of unbranched alkanes of at least 4 members (excludes halogenated alkanes) is 5. The van der Waals surface area contributed by atoms with Gasteiger partial charge in [0.05, 0.1) is 6.10 Å². The molecule has 0 radical (unpaired) electrons. The summed E-state index contributed by atoms with van der Waals surface area (Å²) < 4.78 is 0. The largest absolute Gasteiger partial charge is 0.394 e. The first-order chi connectivity index (χ1) is 9.57. The van der Waals surface area contributed by atoms with Crippen molar-refractivity contribution in [3.63, 3.8) is 0 Å². The Bertz CT molecular complexity index is 293. The molecular weight excluding hydrogens is 248 g/mol. The van der Waals surface area contributed by atoms with Gasteiger partial charge in [0.15, 0.2) is 0 Å². The summed E-state index contributed by atoms with van der Waals surface area (Å²) in [5.74, 6) is 0. The van der Waals surface area contributed by atoms with Gasteiger partial charge in [0.1, 0.15) is 0 Å². The van der Waals surface area contributed by atoms with Crippen LogP contribution in [-0.4, -0.2) is 16.3 Å². The van der Waals surface area contributed by atoms with Crippen molar-refractivity contribution in [3.05, 3.63) is 35.9 Å². The van der Waals surface area contributed by atoms with Crippen molar-refractivity contribution in [2.24, 2.45) is 0 Å². The predicted octanol–water partition coefficient (Wildman–Crippen LogP) is 4.86. The monoisotopic (exact) mass is 280 g/mol. The summed E-state index contributed by atoms with van der Waals surface area (Å²) in [5.41, 5.74) is 1.05. The Kier molecular flexibility index (Phi) is 12.6. The first-order valence-electron chi connectivity index (χ1n) is 7.99. The van der Waals surface area contributed by atoms with Crippen LogP contribution < -0.4 is 0 Å². The third kappa shape index (κ3) is 12.2. The van der Waals surface area contributed by atoms with Crippen LogP contribution in [-0.2, 0) is 0 Å². The van der Waals surface area contributed by atoms with Crippen LogP contribution in [0.25, 0.3) is 0 Å². The second-order valence-corrected chi connectivity index (χ2v) is 5.58. The molecule has 20 heavy (non-hydrogen) atoms. The van der Waals surface area contributed by atoms with E-state index in [1.807, 2.05) is 30.3 Å². The van der Waals surface area contributed by atoms with Crippen molar-refractivity contribution in [1.29, 1.82) is 0 Å². The van der Waals surface area contributed by atoms with Gasteiger partial charge in [0.2, 0.25) is 0 Å². The summed E-state index contributed by atoms with van der Waals surface area (Å²) in [6.45, 7) is 5.68. The fourth-order valence-corrected chi connectivity index (χ4v) is 1.96. The first-order valence-corrected chi connectivity index (χ1v) is 7.99. The molecule has 1 aromatic carbocycles. The molecule has 1 aromatic rings. The molecule has 0 spiro atoms. The van der Waals surface area contributed by atoms with Gasteiger partial charge >= 0.3 is 0 Å². The summed E-state index contributed by atoms with van der Waals surface area (Å²) in [5, 5.41) is 18.0. The Morgan fingerprint density at radius 1 is 0.850 bits per heavy atom. The molecule has 0 bridgehead atoms. The average Bonchev–Trinajstić information content (AvgIpc) is 2.43. The van der Waals surface area contributed by atoms with Crippen molar-refractivity contribution in [3.8, 4) is 0 Å². The fraction of sp³-hybridized carbons (Fsp3) is 0.667. The lowest BCUT2D eigenvalue weighted by Crippen LogP contribution is -1.96. The number of hydrogen-bond acceptors (Lipinski definition) is 2. The van der Waals surface area contributed by atoms with E-state index in [9.17, 15) is 5.11 Å². The number of aliphatic hydroxyl groups excluding tert-OH is 2. The minimum Gasteiger partial charge on any atom is -0.394 e. The summed E-state index contributed by atoms with van der Waals surface area (Å²) in [7, 11) is 0. The molecule has 0 heterocycles. The molecule has 0 fully saturated rings. The van der Waals surface area contributed by atoms with Crippen molar-refractivity contribution < 1.29 is 10.2 Å². The van der Waals surface area contributed by atoms with Crippen LogP contribution in [0, 0.1) is 0 Å². The maximum absolute atomic E-state index is 9.92. The molecular formula is C18H32O2. The Balaban J connectivity index is 0.000000796. The van der Waals surface area contributed by atoms with E-state index in [2.05, 4.69) is 6.92 Å². The van der Waals surface area contributed by atoms with Crippen molar-refractivity contribution in [1.82, 2.24) is 0 Å². The average molecular weight is 280 g/mol. The highest BCUT2D eigenvalue weighted by Crippen LogP contribution is 2.19. The van der Waals surface area contributed by atoms with Crippen molar-refractivity contribution in [2.75, 3.05) is 0 Å². The minimum atomic E-state index is -0.271. The van der Waals surface area contributed by atoms with Crippen LogP contribution in [0.3, 0.4) is 0 Å². The molecule has 0 amide bonds. The van der Waals surface area contributed by atoms with Crippen molar-refractivity contribution >= 4 is 0 Å². The van der Waals surface area contributed by atoms with Crippen LogP contribution in [0.4, 0.5) is 0 Å². The van der Waals surface area contributed by atoms with Crippen LogP contribution >= 0.6 is 0 Å². The second-order valence-electron chi connectivity index (χ2n) is 5.58. The molecule has 0 saturated carbocycles. The molecule has 0 saturated heterocycles. The third-order valence-electron chi connectivity index (χ3n) is 3.02. The molecule has 0 aliphatic heterocycles. The Morgan fingerprint density at radius 2 is 1.35 bits per heavy atom. The normalized spacial score (nSPS) is 11.9. The van der Waals surface area contributed by atoms with E-state index in [0.29, 0.717) is 0 Å². The molecule has 1 atom stereocenters. The van der Waals surface area contributed by atoms with Gasteiger partial charge in [-0.2, -0.15) is 0 Å². The molecule has 0 aromatic heterocycles. The molecule has 1 rings (SSSR count). The van der Waals surface area contributed by atoms with E-state index in [0.717, 1.165) is 18.4 Å². The van der Waals surface area contributed by atoms with Crippen LogP contribution in [0.15, 0.2) is 30.3 Å². The fourth-order valence-electron chi connectivity index (χ4n) is 1.96. The Morgan fingerprint density at radius 3 is 1.90 bits per heavy atom. The van der Waals surface area contributed by atoms with Crippen LogP contribution in [0.1, 0.15) is 77.4 Å². The van der Waals surface area contributed by atoms with Crippen LogP contribution in [0.5, 0.6) is 0 Å². The zero-order chi connectivity index (χ0) is 15.2. The van der Waals surface area contributed by atoms with Gasteiger partial charge in [-0.15, -0.1) is 0 Å². The molecule has 2 heteroatoms. The molecule has 0 aliphatic rings. The van der Waals surface area contributed by atoms with Gasteiger partial charge in [0, 0.05) is 6.10 Å². The number of rotatable bonds is 8. The molecule has 2 N–H and O–H groups in total. The second kappa shape index (κ2) is 13.1. The molecule has 116 valence electrons. The van der Waals surface area contributed by atoms with Gasteiger partial charge in [0.25, 0.3) is 0 Å². The van der Waals surface area contributed by atoms with E-state index in [1.54, 1.807) is 13.8 Å². The predicted molar refractivity (Wildman–Crippen MR) is 86.7 cm³/mol. The SMILES string of the molecule is CC(C)O.CCCCCCCCC(O)c1ccccc1. The van der Waals surface area contributed by atoms with E-state index < -0.39 is 0 Å². The zero-order valence-corrected chi connectivity index (χ0v) is 13.4. The summed E-state index contributed by atoms with van der Waals surface area (Å²) in [4.78, 5) is 0. The van der Waals surface area contributed by atoms with Gasteiger partial charge in [-0.1, -0.05) is 75.8 Å². The van der Waals surface area contributed by atoms with E-state index >= 15 is 0 Å². The quantitative estimate of drug-likeness (QED) is 0.668. The maximum atomic E-state index is 9.92. The topological polar surface area (TPSA) is 40.5 Å². The zero-order valence-electron chi connectivity index (χ0n) is 13.4. The lowest BCUT2D eigenvalue weighted by atomic mass is 10.0. The van der Waals surface area contributed by atoms with E-state index in [1.165, 1.54) is 32.1 Å². The van der Waals surface area contributed by atoms with E-state index in [4.69, 9.17) is 5.11 Å². The van der Waals surface area contributed by atoms with Gasteiger partial charge < -0.3 is 10.2 Å². The van der Waals surface area contributed by atoms with E-state index in [-0.39, 0.29) is 12.2 Å². The van der Waals surface area contributed by atoms with Gasteiger partial charge in [-0.3, -0.25) is 0 Å². The highest BCUT2D eigenvalue weighted by Gasteiger charge is 2.05. The maximum Gasteiger partial charge on any atom is 0.0790 e. The van der Waals surface area contributed by atoms with Gasteiger partial charge in [-0.25, -0.2) is 0 Å². The van der Waals surface area contributed by atoms with Gasteiger partial charge in [-0.05, 0) is 25.8 Å². The Labute approximate surface area is 124 Å². The Hall–Kier alpha value is -0.860. The highest BCUT2D eigenvalue weighted by atomic mass is 16.3.